The van der Waals surface area contributed by atoms with Crippen LogP contribution in [0.15, 0.2) is 24.3 Å². The van der Waals surface area contributed by atoms with E-state index < -0.39 is 0 Å². The molecule has 3 nitrogen and oxygen atoms in total. The average Bonchev–Trinajstić information content (AvgIpc) is 2.28. The normalized spacial score (nSPS) is 12.2. The first-order chi connectivity index (χ1) is 7.54. The van der Waals surface area contributed by atoms with Crippen molar-refractivity contribution in [2.75, 3.05) is 18.5 Å². The molecule has 0 aromatic heterocycles. The fourth-order valence-electron chi connectivity index (χ4n) is 1.33. The van der Waals surface area contributed by atoms with E-state index in [0.29, 0.717) is 18.7 Å². The van der Waals surface area contributed by atoms with Crippen LogP contribution in [-0.4, -0.2) is 19.5 Å². The minimum atomic E-state index is -0.306. The maximum absolute atomic E-state index is 12.7. The van der Waals surface area contributed by atoms with Crippen molar-refractivity contribution in [1.82, 2.24) is 0 Å². The molecule has 0 radical (unpaired) electrons. The Kier molecular flexibility index (Phi) is 4.43. The molecule has 1 amide bonds. The van der Waals surface area contributed by atoms with Crippen LogP contribution in [0.3, 0.4) is 0 Å². The second kappa shape index (κ2) is 5.61. The van der Waals surface area contributed by atoms with Crippen LogP contribution in [0.25, 0.3) is 0 Å². The summed E-state index contributed by atoms with van der Waals surface area (Å²) in [5.74, 6) is -0.153. The second-order valence-electron chi connectivity index (χ2n) is 3.97. The van der Waals surface area contributed by atoms with Gasteiger partial charge in [0.2, 0.25) is 5.91 Å². The van der Waals surface area contributed by atoms with E-state index in [9.17, 15) is 9.18 Å². The lowest BCUT2D eigenvalue weighted by Gasteiger charge is -2.19. The van der Waals surface area contributed by atoms with E-state index in [-0.39, 0.29) is 17.6 Å². The quantitative estimate of drug-likeness (QED) is 0.847. The third-order valence-electron chi connectivity index (χ3n) is 2.51. The number of hydrogen-bond donors (Lipinski definition) is 1. The van der Waals surface area contributed by atoms with Gasteiger partial charge in [-0.2, -0.15) is 0 Å². The summed E-state index contributed by atoms with van der Waals surface area (Å²) in [5, 5.41) is 0. The first kappa shape index (κ1) is 12.6. The Morgan fingerprint density at radius 2 is 2.00 bits per heavy atom. The van der Waals surface area contributed by atoms with Crippen LogP contribution < -0.4 is 10.6 Å². The Hall–Kier alpha value is -1.42. The number of anilines is 1. The molecule has 0 bridgehead atoms. The van der Waals surface area contributed by atoms with Crippen molar-refractivity contribution in [3.05, 3.63) is 30.1 Å². The summed E-state index contributed by atoms with van der Waals surface area (Å²) >= 11 is 0. The molecule has 4 heteroatoms. The number of halogens is 1. The van der Waals surface area contributed by atoms with E-state index in [1.165, 1.54) is 17.0 Å². The Labute approximate surface area is 95.0 Å². The zero-order valence-corrected chi connectivity index (χ0v) is 9.61. The van der Waals surface area contributed by atoms with Gasteiger partial charge >= 0.3 is 0 Å². The molecule has 1 rings (SSSR count). The first-order valence-electron chi connectivity index (χ1n) is 5.26. The third-order valence-corrected chi connectivity index (χ3v) is 2.51. The van der Waals surface area contributed by atoms with Crippen molar-refractivity contribution >= 4 is 11.6 Å². The summed E-state index contributed by atoms with van der Waals surface area (Å²) in [6.07, 6.45) is 0.407. The zero-order chi connectivity index (χ0) is 12.1. The molecule has 1 atom stereocenters. The second-order valence-corrected chi connectivity index (χ2v) is 3.97. The van der Waals surface area contributed by atoms with Gasteiger partial charge in [-0.3, -0.25) is 4.79 Å². The minimum Gasteiger partial charge on any atom is -0.330 e. The highest BCUT2D eigenvalue weighted by molar-refractivity contribution is 5.92. The van der Waals surface area contributed by atoms with Crippen LogP contribution in [0.2, 0.25) is 0 Å². The summed E-state index contributed by atoms with van der Waals surface area (Å²) in [7, 11) is 1.68. The molecule has 0 saturated heterocycles. The number of amides is 1. The molecule has 88 valence electrons. The predicted molar refractivity (Wildman–Crippen MR) is 62.6 cm³/mol. The van der Waals surface area contributed by atoms with Crippen molar-refractivity contribution in [3.8, 4) is 0 Å². The van der Waals surface area contributed by atoms with Gasteiger partial charge in [-0.15, -0.1) is 0 Å². The van der Waals surface area contributed by atoms with Crippen LogP contribution in [0.4, 0.5) is 10.1 Å². The van der Waals surface area contributed by atoms with Crippen molar-refractivity contribution in [3.63, 3.8) is 0 Å². The minimum absolute atomic E-state index is 0.00967. The van der Waals surface area contributed by atoms with E-state index in [4.69, 9.17) is 5.73 Å². The Morgan fingerprint density at radius 1 is 1.44 bits per heavy atom. The lowest BCUT2D eigenvalue weighted by Crippen LogP contribution is -2.29. The van der Waals surface area contributed by atoms with Gasteiger partial charge in [0.15, 0.2) is 0 Å². The molecule has 1 aromatic rings. The van der Waals surface area contributed by atoms with E-state index in [1.54, 1.807) is 19.2 Å². The molecule has 0 saturated carbocycles. The van der Waals surface area contributed by atoms with Gasteiger partial charge in [0, 0.05) is 19.2 Å². The molecule has 0 fully saturated rings. The largest absolute Gasteiger partial charge is 0.330 e. The standard InChI is InChI=1S/C12H17FN2O/c1-9(8-14)7-12(16)15(2)11-5-3-10(13)4-6-11/h3-6,9H,7-8,14H2,1-2H3. The summed E-state index contributed by atoms with van der Waals surface area (Å²) in [6, 6.07) is 5.84. The summed E-state index contributed by atoms with van der Waals surface area (Å²) in [6.45, 7) is 2.42. The molecule has 1 aromatic carbocycles. The maximum atomic E-state index is 12.7. The van der Waals surface area contributed by atoms with Gasteiger partial charge in [0.05, 0.1) is 0 Å². The highest BCUT2D eigenvalue weighted by Gasteiger charge is 2.13. The molecule has 2 N–H and O–H groups in total. The van der Waals surface area contributed by atoms with Crippen molar-refractivity contribution in [2.45, 2.75) is 13.3 Å². The van der Waals surface area contributed by atoms with Gasteiger partial charge in [0.25, 0.3) is 0 Å². The highest BCUT2D eigenvalue weighted by atomic mass is 19.1. The summed E-state index contributed by atoms with van der Waals surface area (Å²) in [5.41, 5.74) is 6.15. The van der Waals surface area contributed by atoms with E-state index in [0.717, 1.165) is 0 Å². The molecule has 0 aliphatic rings. The fraction of sp³-hybridized carbons (Fsp3) is 0.417. The molecule has 16 heavy (non-hydrogen) atoms. The SMILES string of the molecule is CC(CN)CC(=O)N(C)c1ccc(F)cc1. The molecule has 0 heterocycles. The molecular formula is C12H17FN2O. The predicted octanol–water partition coefficient (Wildman–Crippen LogP) is 1.77. The summed E-state index contributed by atoms with van der Waals surface area (Å²) < 4.78 is 12.7. The lowest BCUT2D eigenvalue weighted by molar-refractivity contribution is -0.119. The van der Waals surface area contributed by atoms with Crippen LogP contribution >= 0.6 is 0 Å². The van der Waals surface area contributed by atoms with Gasteiger partial charge in [-0.25, -0.2) is 4.39 Å². The molecule has 0 aliphatic carbocycles. The number of benzene rings is 1. The third kappa shape index (κ3) is 3.31. The van der Waals surface area contributed by atoms with Crippen molar-refractivity contribution < 1.29 is 9.18 Å². The topological polar surface area (TPSA) is 46.3 Å². The number of carbonyl (C=O) groups excluding carboxylic acids is 1. The van der Waals surface area contributed by atoms with Gasteiger partial charge in [0.1, 0.15) is 5.82 Å². The van der Waals surface area contributed by atoms with Gasteiger partial charge in [-0.1, -0.05) is 6.92 Å². The zero-order valence-electron chi connectivity index (χ0n) is 9.61. The molecule has 1 unspecified atom stereocenters. The van der Waals surface area contributed by atoms with Crippen LogP contribution in [0.5, 0.6) is 0 Å². The van der Waals surface area contributed by atoms with E-state index in [2.05, 4.69) is 0 Å². The molecule has 0 spiro atoms. The maximum Gasteiger partial charge on any atom is 0.227 e. The van der Waals surface area contributed by atoms with E-state index >= 15 is 0 Å². The highest BCUT2D eigenvalue weighted by Crippen LogP contribution is 2.15. The van der Waals surface area contributed by atoms with Gasteiger partial charge in [-0.05, 0) is 36.7 Å². The molecule has 0 aliphatic heterocycles. The van der Waals surface area contributed by atoms with Crippen molar-refractivity contribution in [2.24, 2.45) is 11.7 Å². The number of hydrogen-bond acceptors (Lipinski definition) is 2. The Balaban J connectivity index is 2.66. The van der Waals surface area contributed by atoms with E-state index in [1.807, 2.05) is 6.92 Å². The monoisotopic (exact) mass is 224 g/mol. The number of nitrogens with zero attached hydrogens (tertiary/aromatic N) is 1. The molecular weight excluding hydrogens is 207 g/mol. The van der Waals surface area contributed by atoms with Crippen LogP contribution in [0.1, 0.15) is 13.3 Å². The van der Waals surface area contributed by atoms with Gasteiger partial charge < -0.3 is 10.6 Å². The van der Waals surface area contributed by atoms with Crippen LogP contribution in [-0.2, 0) is 4.79 Å². The fourth-order valence-corrected chi connectivity index (χ4v) is 1.33. The lowest BCUT2D eigenvalue weighted by atomic mass is 10.1. The average molecular weight is 224 g/mol. The Bertz CT molecular complexity index is 351. The number of rotatable bonds is 4. The summed E-state index contributed by atoms with van der Waals surface area (Å²) in [4.78, 5) is 13.3. The number of nitrogens with two attached hydrogens (primary N) is 1. The Morgan fingerprint density at radius 3 is 2.50 bits per heavy atom. The number of carbonyl (C=O) groups is 1. The smallest absolute Gasteiger partial charge is 0.227 e. The van der Waals surface area contributed by atoms with Crippen molar-refractivity contribution in [1.29, 1.82) is 0 Å². The first-order valence-corrected chi connectivity index (χ1v) is 5.26. The van der Waals surface area contributed by atoms with Crippen LogP contribution in [0, 0.1) is 11.7 Å².